The summed E-state index contributed by atoms with van der Waals surface area (Å²) >= 11 is 0. The van der Waals surface area contributed by atoms with Crippen molar-refractivity contribution >= 4 is 5.69 Å². The molecule has 0 aliphatic heterocycles. The van der Waals surface area contributed by atoms with Crippen LogP contribution in [0, 0.1) is 0 Å². The molecule has 1 aliphatic rings. The fourth-order valence-corrected chi connectivity index (χ4v) is 2.63. The first-order chi connectivity index (χ1) is 9.22. The van der Waals surface area contributed by atoms with Gasteiger partial charge in [0, 0.05) is 17.9 Å². The number of anilines is 1. The van der Waals surface area contributed by atoms with Gasteiger partial charge < -0.3 is 5.32 Å². The monoisotopic (exact) mass is 255 g/mol. The van der Waals surface area contributed by atoms with E-state index in [9.17, 15) is 0 Å². The summed E-state index contributed by atoms with van der Waals surface area (Å²) < 4.78 is 2.00. The first kappa shape index (κ1) is 12.3. The third-order valence-corrected chi connectivity index (χ3v) is 3.76. The lowest BCUT2D eigenvalue weighted by Gasteiger charge is -2.07. The Kier molecular flexibility index (Phi) is 3.28. The van der Waals surface area contributed by atoms with Gasteiger partial charge in [-0.3, -0.25) is 4.68 Å². The molecule has 1 N–H and O–H groups in total. The van der Waals surface area contributed by atoms with E-state index in [2.05, 4.69) is 48.5 Å². The lowest BCUT2D eigenvalue weighted by molar-refractivity contribution is 0.527. The molecule has 1 aliphatic carbocycles. The average molecular weight is 255 g/mol. The molecule has 0 spiro atoms. The highest BCUT2D eigenvalue weighted by Crippen LogP contribution is 2.25. The van der Waals surface area contributed by atoms with E-state index in [1.165, 1.54) is 36.1 Å². The largest absolute Gasteiger partial charge is 0.379 e. The molecular weight excluding hydrogens is 234 g/mol. The second kappa shape index (κ2) is 5.08. The van der Waals surface area contributed by atoms with Crippen molar-refractivity contribution in [2.75, 3.05) is 5.32 Å². The molecule has 0 atom stereocenters. The van der Waals surface area contributed by atoms with E-state index >= 15 is 0 Å². The summed E-state index contributed by atoms with van der Waals surface area (Å²) in [5, 5.41) is 8.02. The Labute approximate surface area is 114 Å². The quantitative estimate of drug-likeness (QED) is 0.905. The van der Waals surface area contributed by atoms with Crippen molar-refractivity contribution in [1.29, 1.82) is 0 Å². The standard InChI is InChI=1S/C16H21N3/c1-12(2)19-9-8-16(18-19)11-17-15-7-6-13-4-3-5-14(13)10-15/h6-10,12,17H,3-5,11H2,1-2H3. The molecule has 0 radical (unpaired) electrons. The van der Waals surface area contributed by atoms with E-state index < -0.39 is 0 Å². The number of hydrogen-bond donors (Lipinski definition) is 1. The van der Waals surface area contributed by atoms with Crippen LogP contribution in [0.5, 0.6) is 0 Å². The molecule has 19 heavy (non-hydrogen) atoms. The van der Waals surface area contributed by atoms with Crippen LogP contribution in [-0.4, -0.2) is 9.78 Å². The van der Waals surface area contributed by atoms with Crippen LogP contribution in [0.4, 0.5) is 5.69 Å². The summed E-state index contributed by atoms with van der Waals surface area (Å²) in [6, 6.07) is 9.25. The highest BCUT2D eigenvalue weighted by Gasteiger charge is 2.10. The van der Waals surface area contributed by atoms with E-state index in [0.717, 1.165) is 12.2 Å². The van der Waals surface area contributed by atoms with Crippen LogP contribution in [0.2, 0.25) is 0 Å². The summed E-state index contributed by atoms with van der Waals surface area (Å²) in [7, 11) is 0. The smallest absolute Gasteiger partial charge is 0.0815 e. The molecule has 1 aromatic heterocycles. The van der Waals surface area contributed by atoms with E-state index in [0.29, 0.717) is 6.04 Å². The van der Waals surface area contributed by atoms with Gasteiger partial charge in [0.25, 0.3) is 0 Å². The van der Waals surface area contributed by atoms with Crippen LogP contribution in [0.3, 0.4) is 0 Å². The normalized spacial score (nSPS) is 13.8. The molecule has 0 fully saturated rings. The SMILES string of the molecule is CC(C)n1ccc(CNc2ccc3c(c2)CCC3)n1. The highest BCUT2D eigenvalue weighted by atomic mass is 15.3. The van der Waals surface area contributed by atoms with Crippen molar-refractivity contribution < 1.29 is 0 Å². The zero-order valence-electron chi connectivity index (χ0n) is 11.7. The Morgan fingerprint density at radius 2 is 2.05 bits per heavy atom. The van der Waals surface area contributed by atoms with Crippen molar-refractivity contribution in [3.8, 4) is 0 Å². The van der Waals surface area contributed by atoms with Crippen molar-refractivity contribution in [3.63, 3.8) is 0 Å². The Morgan fingerprint density at radius 1 is 1.21 bits per heavy atom. The number of nitrogens with one attached hydrogen (secondary N) is 1. The molecular formula is C16H21N3. The summed E-state index contributed by atoms with van der Waals surface area (Å²) in [5.74, 6) is 0. The molecule has 2 aromatic rings. The predicted octanol–water partition coefficient (Wildman–Crippen LogP) is 3.56. The van der Waals surface area contributed by atoms with Gasteiger partial charge >= 0.3 is 0 Å². The van der Waals surface area contributed by atoms with Gasteiger partial charge in [0.15, 0.2) is 0 Å². The van der Waals surface area contributed by atoms with Gasteiger partial charge in [-0.1, -0.05) is 6.07 Å². The summed E-state index contributed by atoms with van der Waals surface area (Å²) in [6.45, 7) is 5.08. The van der Waals surface area contributed by atoms with Crippen molar-refractivity contribution in [2.24, 2.45) is 0 Å². The number of hydrogen-bond acceptors (Lipinski definition) is 2. The van der Waals surface area contributed by atoms with E-state index in [4.69, 9.17) is 0 Å². The fourth-order valence-electron chi connectivity index (χ4n) is 2.63. The molecule has 0 amide bonds. The van der Waals surface area contributed by atoms with Crippen LogP contribution in [0.15, 0.2) is 30.5 Å². The maximum absolute atomic E-state index is 4.55. The number of benzene rings is 1. The van der Waals surface area contributed by atoms with Gasteiger partial charge in [0.05, 0.1) is 12.2 Å². The lowest BCUT2D eigenvalue weighted by atomic mass is 10.1. The van der Waals surface area contributed by atoms with Crippen molar-refractivity contribution in [2.45, 2.75) is 45.7 Å². The Hall–Kier alpha value is -1.77. The Bertz CT molecular complexity index is 569. The molecule has 3 nitrogen and oxygen atoms in total. The first-order valence-corrected chi connectivity index (χ1v) is 7.12. The third-order valence-electron chi connectivity index (χ3n) is 3.76. The maximum atomic E-state index is 4.55. The first-order valence-electron chi connectivity index (χ1n) is 7.12. The van der Waals surface area contributed by atoms with Gasteiger partial charge in [0.1, 0.15) is 0 Å². The summed E-state index contributed by atoms with van der Waals surface area (Å²) in [5.41, 5.74) is 5.33. The lowest BCUT2D eigenvalue weighted by Crippen LogP contribution is -2.04. The molecule has 0 saturated heterocycles. The van der Waals surface area contributed by atoms with E-state index in [1.54, 1.807) is 0 Å². The van der Waals surface area contributed by atoms with E-state index in [1.807, 2.05) is 10.9 Å². The molecule has 0 bridgehead atoms. The van der Waals surface area contributed by atoms with Gasteiger partial charge in [-0.05, 0) is 62.4 Å². The Morgan fingerprint density at radius 3 is 2.84 bits per heavy atom. The van der Waals surface area contributed by atoms with Gasteiger partial charge in [-0.25, -0.2) is 0 Å². The number of rotatable bonds is 4. The van der Waals surface area contributed by atoms with Gasteiger partial charge in [-0.15, -0.1) is 0 Å². The molecule has 3 rings (SSSR count). The molecule has 0 saturated carbocycles. The fraction of sp³-hybridized carbons (Fsp3) is 0.438. The summed E-state index contributed by atoms with van der Waals surface area (Å²) in [6.07, 6.45) is 5.82. The third kappa shape index (κ3) is 2.65. The maximum Gasteiger partial charge on any atom is 0.0815 e. The topological polar surface area (TPSA) is 29.9 Å². The number of aromatic nitrogens is 2. The Balaban J connectivity index is 1.65. The zero-order chi connectivity index (χ0) is 13.2. The number of nitrogens with zero attached hydrogens (tertiary/aromatic N) is 2. The summed E-state index contributed by atoms with van der Waals surface area (Å²) in [4.78, 5) is 0. The van der Waals surface area contributed by atoms with Crippen LogP contribution in [0.25, 0.3) is 0 Å². The highest BCUT2D eigenvalue weighted by molar-refractivity contribution is 5.50. The predicted molar refractivity (Wildman–Crippen MR) is 78.4 cm³/mol. The van der Waals surface area contributed by atoms with Crippen LogP contribution in [-0.2, 0) is 19.4 Å². The minimum absolute atomic E-state index is 0.425. The molecule has 1 heterocycles. The minimum atomic E-state index is 0.425. The van der Waals surface area contributed by atoms with Crippen LogP contribution in [0.1, 0.15) is 43.1 Å². The van der Waals surface area contributed by atoms with Gasteiger partial charge in [-0.2, -0.15) is 5.10 Å². The van der Waals surface area contributed by atoms with Gasteiger partial charge in [0.2, 0.25) is 0 Å². The second-order valence-electron chi connectivity index (χ2n) is 5.57. The van der Waals surface area contributed by atoms with Crippen LogP contribution < -0.4 is 5.32 Å². The molecule has 0 unspecified atom stereocenters. The number of fused-ring (bicyclic) bond motifs is 1. The second-order valence-corrected chi connectivity index (χ2v) is 5.57. The molecule has 100 valence electrons. The zero-order valence-corrected chi connectivity index (χ0v) is 11.7. The van der Waals surface area contributed by atoms with Crippen LogP contribution >= 0.6 is 0 Å². The molecule has 3 heteroatoms. The molecule has 1 aromatic carbocycles. The minimum Gasteiger partial charge on any atom is -0.379 e. The average Bonchev–Trinajstić information content (AvgIpc) is 3.04. The number of aryl methyl sites for hydroxylation is 2. The van der Waals surface area contributed by atoms with E-state index in [-0.39, 0.29) is 0 Å². The van der Waals surface area contributed by atoms with Crippen molar-refractivity contribution in [3.05, 3.63) is 47.3 Å². The van der Waals surface area contributed by atoms with Crippen molar-refractivity contribution in [1.82, 2.24) is 9.78 Å².